The summed E-state index contributed by atoms with van der Waals surface area (Å²) in [6, 6.07) is 4.39. The molecule has 0 amide bonds. The second-order valence-corrected chi connectivity index (χ2v) is 7.22. The van der Waals surface area contributed by atoms with Crippen LogP contribution in [-0.2, 0) is 23.2 Å². The molecule has 2 rings (SSSR count). The molecule has 0 radical (unpaired) electrons. The van der Waals surface area contributed by atoms with Crippen LogP contribution in [0.15, 0.2) is 28.5 Å². The van der Waals surface area contributed by atoms with Crippen LogP contribution in [0.1, 0.15) is 16.3 Å². The fourth-order valence-electron chi connectivity index (χ4n) is 1.57. The van der Waals surface area contributed by atoms with Gasteiger partial charge in [-0.15, -0.1) is 11.3 Å². The fraction of sp³-hybridized carbons (Fsp3) is 0.250. The van der Waals surface area contributed by atoms with Gasteiger partial charge >= 0.3 is 0 Å². The number of hydrogen-bond donors (Lipinski definition) is 2. The minimum absolute atomic E-state index is 0.0426. The van der Waals surface area contributed by atoms with Gasteiger partial charge in [0.05, 0.1) is 18.2 Å². The second-order valence-electron chi connectivity index (χ2n) is 4.13. The predicted molar refractivity (Wildman–Crippen MR) is 78.3 cm³/mol. The van der Waals surface area contributed by atoms with Crippen LogP contribution in [0.2, 0.25) is 5.02 Å². The van der Waals surface area contributed by atoms with Gasteiger partial charge in [0.1, 0.15) is 9.90 Å². The van der Waals surface area contributed by atoms with E-state index in [4.69, 9.17) is 16.7 Å². The first-order chi connectivity index (χ1) is 9.42. The molecule has 1 aromatic carbocycles. The van der Waals surface area contributed by atoms with Crippen molar-refractivity contribution < 1.29 is 13.5 Å². The minimum Gasteiger partial charge on any atom is -0.392 e. The molecule has 8 heteroatoms. The van der Waals surface area contributed by atoms with Crippen LogP contribution >= 0.6 is 22.9 Å². The fourth-order valence-corrected chi connectivity index (χ4v) is 3.91. The van der Waals surface area contributed by atoms with Crippen molar-refractivity contribution in [2.75, 3.05) is 0 Å². The number of aliphatic hydroxyl groups is 1. The van der Waals surface area contributed by atoms with Gasteiger partial charge in [-0.05, 0) is 24.6 Å². The molecule has 0 saturated heterocycles. The van der Waals surface area contributed by atoms with Crippen LogP contribution in [0.5, 0.6) is 0 Å². The van der Waals surface area contributed by atoms with Crippen molar-refractivity contribution >= 4 is 33.0 Å². The molecule has 2 aromatic rings. The number of aryl methyl sites for hydroxylation is 1. The van der Waals surface area contributed by atoms with Gasteiger partial charge in [-0.3, -0.25) is 0 Å². The third-order valence-corrected chi connectivity index (χ3v) is 5.40. The molecular weight excluding hydrogens is 320 g/mol. The number of nitrogens with one attached hydrogen (secondary N) is 1. The summed E-state index contributed by atoms with van der Waals surface area (Å²) in [4.78, 5) is 4.14. The second kappa shape index (κ2) is 6.19. The molecule has 2 N–H and O–H groups in total. The Bertz CT molecular complexity index is 713. The van der Waals surface area contributed by atoms with Crippen LogP contribution < -0.4 is 4.72 Å². The Kier molecular flexibility index (Phi) is 4.77. The van der Waals surface area contributed by atoms with Gasteiger partial charge in [0.2, 0.25) is 10.0 Å². The number of benzene rings is 1. The molecule has 0 fully saturated rings. The summed E-state index contributed by atoms with van der Waals surface area (Å²) in [5.41, 5.74) is 1.34. The number of hydrogen-bond acceptors (Lipinski definition) is 5. The van der Waals surface area contributed by atoms with Gasteiger partial charge in [0.15, 0.2) is 0 Å². The van der Waals surface area contributed by atoms with Gasteiger partial charge in [-0.1, -0.05) is 17.7 Å². The molecule has 0 spiro atoms. The minimum atomic E-state index is -3.74. The Morgan fingerprint density at radius 2 is 2.20 bits per heavy atom. The summed E-state index contributed by atoms with van der Waals surface area (Å²) in [5, 5.41) is 11.7. The Balaban J connectivity index is 2.21. The maximum Gasteiger partial charge on any atom is 0.242 e. The molecule has 20 heavy (non-hydrogen) atoms. The van der Waals surface area contributed by atoms with Gasteiger partial charge in [0.25, 0.3) is 0 Å². The van der Waals surface area contributed by atoms with E-state index in [2.05, 4.69) is 9.71 Å². The molecule has 1 heterocycles. The molecule has 0 bridgehead atoms. The summed E-state index contributed by atoms with van der Waals surface area (Å²) >= 11 is 7.30. The maximum absolute atomic E-state index is 12.2. The van der Waals surface area contributed by atoms with Crippen molar-refractivity contribution in [2.24, 2.45) is 0 Å². The first-order valence-corrected chi connectivity index (χ1v) is 8.46. The quantitative estimate of drug-likeness (QED) is 0.878. The van der Waals surface area contributed by atoms with Crippen molar-refractivity contribution in [3.63, 3.8) is 0 Å². The Labute approximate surface area is 126 Å². The molecule has 0 aliphatic heterocycles. The molecule has 108 valence electrons. The number of rotatable bonds is 5. The zero-order valence-corrected chi connectivity index (χ0v) is 13.0. The number of thiazole rings is 1. The van der Waals surface area contributed by atoms with Gasteiger partial charge in [-0.25, -0.2) is 18.1 Å². The van der Waals surface area contributed by atoms with E-state index >= 15 is 0 Å². The zero-order valence-electron chi connectivity index (χ0n) is 10.6. The molecular formula is C12H13ClN2O3S2. The third-order valence-electron chi connectivity index (χ3n) is 2.55. The average molecular weight is 333 g/mol. The first-order valence-electron chi connectivity index (χ1n) is 5.72. The lowest BCUT2D eigenvalue weighted by atomic mass is 10.2. The predicted octanol–water partition coefficient (Wildman–Crippen LogP) is 2.08. The number of nitrogens with zero attached hydrogens (tertiary/aromatic N) is 1. The highest BCUT2D eigenvalue weighted by Crippen LogP contribution is 2.23. The molecule has 5 nitrogen and oxygen atoms in total. The third kappa shape index (κ3) is 3.56. The van der Waals surface area contributed by atoms with Crippen molar-refractivity contribution in [3.05, 3.63) is 44.9 Å². The van der Waals surface area contributed by atoms with E-state index in [0.29, 0.717) is 10.6 Å². The molecule has 1 aromatic heterocycles. The summed E-state index contributed by atoms with van der Waals surface area (Å²) < 4.78 is 26.9. The maximum atomic E-state index is 12.2. The largest absolute Gasteiger partial charge is 0.392 e. The van der Waals surface area contributed by atoms with E-state index in [-0.39, 0.29) is 23.1 Å². The standard InChI is InChI=1S/C12H13ClN2O3S2/c1-8-7-19-12(15-8)5-14-20(17,18)11-4-9(6-16)2-3-10(11)13/h2-4,7,14,16H,5-6H2,1H3. The Morgan fingerprint density at radius 3 is 2.80 bits per heavy atom. The number of halogens is 1. The van der Waals surface area contributed by atoms with E-state index in [1.165, 1.54) is 23.5 Å². The number of aliphatic hydroxyl groups excluding tert-OH is 1. The lowest BCUT2D eigenvalue weighted by Gasteiger charge is -2.08. The van der Waals surface area contributed by atoms with Gasteiger partial charge in [0, 0.05) is 11.1 Å². The number of sulfonamides is 1. The molecule has 0 atom stereocenters. The molecule has 0 aliphatic rings. The van der Waals surface area contributed by atoms with Crippen molar-refractivity contribution in [2.45, 2.75) is 25.0 Å². The molecule has 0 aliphatic carbocycles. The van der Waals surface area contributed by atoms with E-state index in [1.807, 2.05) is 12.3 Å². The van der Waals surface area contributed by atoms with Crippen LogP contribution in [0.4, 0.5) is 0 Å². The Hall–Kier alpha value is -0.990. The van der Waals surface area contributed by atoms with E-state index in [0.717, 1.165) is 5.69 Å². The lowest BCUT2D eigenvalue weighted by Crippen LogP contribution is -2.23. The highest BCUT2D eigenvalue weighted by molar-refractivity contribution is 7.89. The average Bonchev–Trinajstić information content (AvgIpc) is 2.83. The van der Waals surface area contributed by atoms with Crippen molar-refractivity contribution in [1.82, 2.24) is 9.71 Å². The normalized spacial score (nSPS) is 11.8. The molecule has 0 unspecified atom stereocenters. The summed E-state index contributed by atoms with van der Waals surface area (Å²) in [7, 11) is -3.74. The molecule has 0 saturated carbocycles. The van der Waals surface area contributed by atoms with Crippen molar-refractivity contribution in [1.29, 1.82) is 0 Å². The SMILES string of the molecule is Cc1csc(CNS(=O)(=O)c2cc(CO)ccc2Cl)n1. The van der Waals surface area contributed by atoms with Crippen molar-refractivity contribution in [3.8, 4) is 0 Å². The van der Waals surface area contributed by atoms with Gasteiger partial charge < -0.3 is 5.11 Å². The summed E-state index contributed by atoms with van der Waals surface area (Å²) in [6.07, 6.45) is 0. The Morgan fingerprint density at radius 1 is 1.45 bits per heavy atom. The highest BCUT2D eigenvalue weighted by Gasteiger charge is 2.18. The number of aromatic nitrogens is 1. The monoisotopic (exact) mass is 332 g/mol. The van der Waals surface area contributed by atoms with E-state index < -0.39 is 10.0 Å². The van der Waals surface area contributed by atoms with Crippen LogP contribution in [0, 0.1) is 6.92 Å². The van der Waals surface area contributed by atoms with Crippen LogP contribution in [-0.4, -0.2) is 18.5 Å². The van der Waals surface area contributed by atoms with Crippen LogP contribution in [0.3, 0.4) is 0 Å². The first kappa shape index (κ1) is 15.4. The smallest absolute Gasteiger partial charge is 0.242 e. The summed E-state index contributed by atoms with van der Waals surface area (Å²) in [6.45, 7) is 1.71. The zero-order chi connectivity index (χ0) is 14.8. The lowest BCUT2D eigenvalue weighted by molar-refractivity contribution is 0.281. The summed E-state index contributed by atoms with van der Waals surface area (Å²) in [5.74, 6) is 0. The van der Waals surface area contributed by atoms with Gasteiger partial charge in [-0.2, -0.15) is 0 Å². The van der Waals surface area contributed by atoms with E-state index in [9.17, 15) is 8.42 Å². The van der Waals surface area contributed by atoms with E-state index in [1.54, 1.807) is 6.07 Å². The topological polar surface area (TPSA) is 79.3 Å². The van der Waals surface area contributed by atoms with Crippen LogP contribution in [0.25, 0.3) is 0 Å². The highest BCUT2D eigenvalue weighted by atomic mass is 35.5.